The number of rotatable bonds is 4. The predicted molar refractivity (Wildman–Crippen MR) is 101 cm³/mol. The molecule has 0 bridgehead atoms. The van der Waals surface area contributed by atoms with Crippen LogP contribution in [0.3, 0.4) is 0 Å². The minimum Gasteiger partial charge on any atom is -0.373 e. The Labute approximate surface area is 153 Å². The van der Waals surface area contributed by atoms with Crippen molar-refractivity contribution in [3.05, 3.63) is 72.3 Å². The number of anilines is 1. The molecule has 2 N–H and O–H groups in total. The second kappa shape index (κ2) is 7.72. The fourth-order valence-electron chi connectivity index (χ4n) is 3.47. The van der Waals surface area contributed by atoms with Crippen LogP contribution >= 0.6 is 0 Å². The molecular weight excluding hydrogens is 328 g/mol. The highest BCUT2D eigenvalue weighted by Crippen LogP contribution is 2.32. The van der Waals surface area contributed by atoms with Crippen molar-refractivity contribution in [2.45, 2.75) is 18.2 Å². The molecule has 2 aromatic rings. The molecule has 2 heterocycles. The Hall–Kier alpha value is -2.63. The van der Waals surface area contributed by atoms with E-state index in [1.54, 1.807) is 0 Å². The second-order valence-corrected chi connectivity index (χ2v) is 6.60. The lowest BCUT2D eigenvalue weighted by atomic mass is 9.99. The molecule has 2 saturated heterocycles. The Morgan fingerprint density at radius 2 is 1.62 bits per heavy atom. The zero-order valence-electron chi connectivity index (χ0n) is 14.4. The van der Waals surface area contributed by atoms with Crippen molar-refractivity contribution >= 4 is 17.8 Å². The first-order chi connectivity index (χ1) is 12.8. The van der Waals surface area contributed by atoms with E-state index in [2.05, 4.69) is 34.9 Å². The van der Waals surface area contributed by atoms with E-state index in [1.165, 1.54) is 0 Å². The van der Waals surface area contributed by atoms with E-state index in [4.69, 9.17) is 9.47 Å². The Morgan fingerprint density at radius 1 is 0.923 bits per heavy atom. The Morgan fingerprint density at radius 3 is 2.38 bits per heavy atom. The number of benzene rings is 2. The van der Waals surface area contributed by atoms with Crippen molar-refractivity contribution in [3.8, 4) is 0 Å². The minimum absolute atomic E-state index is 0.0167. The average Bonchev–Trinajstić information content (AvgIpc) is 3.25. The Kier molecular flexibility index (Phi) is 5.00. The van der Waals surface area contributed by atoms with E-state index in [-0.39, 0.29) is 30.2 Å². The molecular formula is C21H22N2O3. The summed E-state index contributed by atoms with van der Waals surface area (Å²) in [5.74, 6) is 0.198. The summed E-state index contributed by atoms with van der Waals surface area (Å²) < 4.78 is 11.8. The van der Waals surface area contributed by atoms with Crippen molar-refractivity contribution in [2.75, 3.05) is 18.5 Å². The van der Waals surface area contributed by atoms with E-state index in [0.717, 1.165) is 11.3 Å². The number of hydrogen-bond donors (Lipinski definition) is 2. The van der Waals surface area contributed by atoms with Crippen LogP contribution in [0.5, 0.6) is 0 Å². The van der Waals surface area contributed by atoms with Gasteiger partial charge in [0, 0.05) is 11.6 Å². The molecule has 2 aliphatic rings. The number of carbonyl (C=O) groups excluding carboxylic acids is 1. The number of nitrogens with one attached hydrogen (secondary N) is 2. The first-order valence-electron chi connectivity index (χ1n) is 8.88. The van der Waals surface area contributed by atoms with Gasteiger partial charge in [-0.3, -0.25) is 0 Å². The standard InChI is InChI=1S/C21H22N2O3/c24-21(22-17-9-5-2-6-10-17)23-18-14-26-19-16(13-25-20(18)19)12-11-15-7-3-1-4-8-15/h1-12,16,18-20H,13-14H2,(H2,22,23,24)/t16-,18+,19?,20-/m1/s1. The molecule has 2 amide bonds. The molecule has 0 aromatic heterocycles. The van der Waals surface area contributed by atoms with Crippen LogP contribution in [0.4, 0.5) is 10.5 Å². The zero-order valence-corrected chi connectivity index (χ0v) is 14.4. The highest BCUT2D eigenvalue weighted by atomic mass is 16.6. The topological polar surface area (TPSA) is 59.6 Å². The number of ether oxygens (including phenoxy) is 2. The summed E-state index contributed by atoms with van der Waals surface area (Å²) >= 11 is 0. The van der Waals surface area contributed by atoms with E-state index < -0.39 is 0 Å². The second-order valence-electron chi connectivity index (χ2n) is 6.60. The van der Waals surface area contributed by atoms with Crippen LogP contribution in [0.15, 0.2) is 66.7 Å². The van der Waals surface area contributed by atoms with Gasteiger partial charge in [0.2, 0.25) is 0 Å². The molecule has 4 rings (SSSR count). The summed E-state index contributed by atoms with van der Waals surface area (Å²) in [4.78, 5) is 12.2. The Bertz CT molecular complexity index is 763. The molecule has 134 valence electrons. The smallest absolute Gasteiger partial charge is 0.319 e. The van der Waals surface area contributed by atoms with Crippen molar-refractivity contribution in [2.24, 2.45) is 5.92 Å². The average molecular weight is 350 g/mol. The number of carbonyl (C=O) groups is 1. The zero-order chi connectivity index (χ0) is 17.8. The van der Waals surface area contributed by atoms with Crippen LogP contribution in [-0.2, 0) is 9.47 Å². The molecule has 0 radical (unpaired) electrons. The predicted octanol–water partition coefficient (Wildman–Crippen LogP) is 3.30. The van der Waals surface area contributed by atoms with Gasteiger partial charge in [-0.25, -0.2) is 4.79 Å². The summed E-state index contributed by atoms with van der Waals surface area (Å²) in [7, 11) is 0. The first kappa shape index (κ1) is 16.8. The number of urea groups is 1. The van der Waals surface area contributed by atoms with Crippen LogP contribution in [-0.4, -0.2) is 37.5 Å². The summed E-state index contributed by atoms with van der Waals surface area (Å²) in [6, 6.07) is 19.2. The van der Waals surface area contributed by atoms with Gasteiger partial charge in [-0.15, -0.1) is 0 Å². The Balaban J connectivity index is 1.33. The van der Waals surface area contributed by atoms with Crippen molar-refractivity contribution in [3.63, 3.8) is 0 Å². The molecule has 2 aromatic carbocycles. The van der Waals surface area contributed by atoms with Gasteiger partial charge in [0.15, 0.2) is 0 Å². The van der Waals surface area contributed by atoms with Gasteiger partial charge in [-0.1, -0.05) is 60.7 Å². The van der Waals surface area contributed by atoms with Gasteiger partial charge in [0.05, 0.1) is 25.4 Å². The molecule has 26 heavy (non-hydrogen) atoms. The van der Waals surface area contributed by atoms with E-state index >= 15 is 0 Å². The quantitative estimate of drug-likeness (QED) is 0.889. The molecule has 4 atom stereocenters. The number of fused-ring (bicyclic) bond motifs is 1. The van der Waals surface area contributed by atoms with E-state index in [1.807, 2.05) is 48.5 Å². The van der Waals surface area contributed by atoms with Crippen molar-refractivity contribution in [1.29, 1.82) is 0 Å². The van der Waals surface area contributed by atoms with Crippen molar-refractivity contribution < 1.29 is 14.3 Å². The maximum absolute atomic E-state index is 12.2. The fraction of sp³-hybridized carbons (Fsp3) is 0.286. The first-order valence-corrected chi connectivity index (χ1v) is 8.88. The van der Waals surface area contributed by atoms with Crippen LogP contribution in [0.25, 0.3) is 6.08 Å². The summed E-state index contributed by atoms with van der Waals surface area (Å²) in [5, 5.41) is 5.80. The van der Waals surface area contributed by atoms with Crippen LogP contribution in [0.1, 0.15) is 5.56 Å². The molecule has 2 aliphatic heterocycles. The highest BCUT2D eigenvalue weighted by molar-refractivity contribution is 5.89. The maximum Gasteiger partial charge on any atom is 0.319 e. The van der Waals surface area contributed by atoms with E-state index in [0.29, 0.717) is 13.2 Å². The third-order valence-electron chi connectivity index (χ3n) is 4.78. The molecule has 0 saturated carbocycles. The SMILES string of the molecule is O=C(Nc1ccccc1)N[C@H]1COC2[C@H](C=Cc3ccccc3)CO[C@@H]21. The fourth-order valence-corrected chi connectivity index (χ4v) is 3.47. The van der Waals surface area contributed by atoms with Gasteiger partial charge in [0.25, 0.3) is 0 Å². The largest absolute Gasteiger partial charge is 0.373 e. The summed E-state index contributed by atoms with van der Waals surface area (Å²) in [6.45, 7) is 1.07. The molecule has 1 unspecified atom stereocenters. The van der Waals surface area contributed by atoms with Gasteiger partial charge in [-0.05, 0) is 17.7 Å². The number of amides is 2. The lowest BCUT2D eigenvalue weighted by Crippen LogP contribution is -2.45. The normalized spacial score (nSPS) is 27.4. The highest BCUT2D eigenvalue weighted by Gasteiger charge is 2.47. The minimum atomic E-state index is -0.239. The molecule has 5 nitrogen and oxygen atoms in total. The number of para-hydroxylation sites is 1. The van der Waals surface area contributed by atoms with Gasteiger partial charge < -0.3 is 20.1 Å². The van der Waals surface area contributed by atoms with E-state index in [9.17, 15) is 4.79 Å². The lowest BCUT2D eigenvalue weighted by Gasteiger charge is -2.18. The third kappa shape index (κ3) is 3.79. The van der Waals surface area contributed by atoms with Crippen LogP contribution in [0.2, 0.25) is 0 Å². The van der Waals surface area contributed by atoms with Crippen LogP contribution in [0, 0.1) is 5.92 Å². The van der Waals surface area contributed by atoms with Gasteiger partial charge in [-0.2, -0.15) is 0 Å². The van der Waals surface area contributed by atoms with Gasteiger partial charge in [0.1, 0.15) is 6.10 Å². The van der Waals surface area contributed by atoms with Gasteiger partial charge >= 0.3 is 6.03 Å². The molecule has 2 fully saturated rings. The number of hydrogen-bond acceptors (Lipinski definition) is 3. The maximum atomic E-state index is 12.2. The van der Waals surface area contributed by atoms with Crippen LogP contribution < -0.4 is 10.6 Å². The molecule has 5 heteroatoms. The summed E-state index contributed by atoms with van der Waals surface area (Å²) in [6.07, 6.45) is 4.12. The molecule has 0 spiro atoms. The molecule has 0 aliphatic carbocycles. The van der Waals surface area contributed by atoms with Crippen molar-refractivity contribution in [1.82, 2.24) is 5.32 Å². The summed E-state index contributed by atoms with van der Waals surface area (Å²) in [5.41, 5.74) is 1.92. The third-order valence-corrected chi connectivity index (χ3v) is 4.78. The lowest BCUT2D eigenvalue weighted by molar-refractivity contribution is 0.0662. The monoisotopic (exact) mass is 350 g/mol.